The molecule has 0 aliphatic carbocycles. The summed E-state index contributed by atoms with van der Waals surface area (Å²) in [5, 5.41) is 3.48. The number of likely N-dealkylation sites (tertiary alicyclic amines) is 1. The van der Waals surface area contributed by atoms with Crippen molar-refractivity contribution in [2.75, 3.05) is 38.3 Å². The average molecular weight is 351 g/mol. The maximum Gasteiger partial charge on any atom is 0.231 e. The Morgan fingerprint density at radius 1 is 1.00 bits per heavy atom. The van der Waals surface area contributed by atoms with E-state index in [1.165, 1.54) is 25.9 Å². The maximum absolute atomic E-state index is 5.98. The minimum Gasteiger partial charge on any atom is -0.454 e. The molecule has 6 heteroatoms. The average Bonchev–Trinajstić information content (AvgIpc) is 3.40. The molecule has 6 nitrogen and oxygen atoms in total. The number of aromatic nitrogens is 1. The predicted octanol–water partition coefficient (Wildman–Crippen LogP) is 3.73. The molecule has 2 aliphatic heterocycles. The van der Waals surface area contributed by atoms with Crippen LogP contribution in [0.5, 0.6) is 11.5 Å². The normalized spacial score (nSPS) is 16.5. The van der Waals surface area contributed by atoms with E-state index in [0.29, 0.717) is 5.89 Å². The fourth-order valence-corrected chi connectivity index (χ4v) is 3.55. The van der Waals surface area contributed by atoms with Gasteiger partial charge in [-0.15, -0.1) is 0 Å². The molecule has 1 saturated heterocycles. The van der Waals surface area contributed by atoms with Crippen LogP contribution in [0, 0.1) is 0 Å². The summed E-state index contributed by atoms with van der Waals surface area (Å²) in [5.41, 5.74) is 3.57. The molecule has 3 heterocycles. The molecule has 2 aromatic carbocycles. The number of oxazole rings is 1. The molecule has 0 bridgehead atoms. The number of nitrogens with one attached hydrogen (secondary N) is 1. The van der Waals surface area contributed by atoms with Crippen molar-refractivity contribution >= 4 is 16.8 Å². The van der Waals surface area contributed by atoms with Gasteiger partial charge in [-0.25, -0.2) is 4.98 Å². The van der Waals surface area contributed by atoms with Gasteiger partial charge in [0.1, 0.15) is 5.52 Å². The van der Waals surface area contributed by atoms with Crippen molar-refractivity contribution in [2.24, 2.45) is 0 Å². The van der Waals surface area contributed by atoms with Gasteiger partial charge in [0.05, 0.1) is 0 Å². The Morgan fingerprint density at radius 3 is 2.81 bits per heavy atom. The molecule has 0 amide bonds. The van der Waals surface area contributed by atoms with Gasteiger partial charge in [-0.05, 0) is 56.3 Å². The fraction of sp³-hybridized carbons (Fsp3) is 0.350. The van der Waals surface area contributed by atoms with Gasteiger partial charge in [-0.3, -0.25) is 0 Å². The van der Waals surface area contributed by atoms with E-state index in [9.17, 15) is 0 Å². The Morgan fingerprint density at radius 2 is 1.88 bits per heavy atom. The summed E-state index contributed by atoms with van der Waals surface area (Å²) < 4.78 is 16.8. The Bertz CT molecular complexity index is 931. The molecule has 5 rings (SSSR count). The second kappa shape index (κ2) is 6.53. The van der Waals surface area contributed by atoms with Crippen LogP contribution in [0.1, 0.15) is 12.8 Å². The molecule has 0 radical (unpaired) electrons. The molecule has 26 heavy (non-hydrogen) atoms. The van der Waals surface area contributed by atoms with Crippen LogP contribution in [-0.4, -0.2) is 42.9 Å². The predicted molar refractivity (Wildman–Crippen MR) is 99.7 cm³/mol. The van der Waals surface area contributed by atoms with E-state index in [1.807, 2.05) is 30.3 Å². The van der Waals surface area contributed by atoms with Gasteiger partial charge in [-0.1, -0.05) is 0 Å². The Kier molecular flexibility index (Phi) is 3.90. The molecular formula is C20H21N3O3. The molecule has 1 N–H and O–H groups in total. The third kappa shape index (κ3) is 2.97. The van der Waals surface area contributed by atoms with E-state index < -0.39 is 0 Å². The van der Waals surface area contributed by atoms with E-state index in [0.717, 1.165) is 46.9 Å². The first-order valence-electron chi connectivity index (χ1n) is 9.12. The third-order valence-electron chi connectivity index (χ3n) is 4.96. The van der Waals surface area contributed by atoms with E-state index in [-0.39, 0.29) is 6.79 Å². The number of hydrogen-bond donors (Lipinski definition) is 1. The standard InChI is InChI=1S/C20H21N3O3/c1-2-9-23(8-1)10-7-21-15-4-5-16-18(12-15)26-20(22-16)14-3-6-17-19(11-14)25-13-24-17/h3-6,11-12,21H,1-2,7-10,13H2. The topological polar surface area (TPSA) is 59.8 Å². The first kappa shape index (κ1) is 15.5. The minimum absolute atomic E-state index is 0.263. The highest BCUT2D eigenvalue weighted by molar-refractivity contribution is 5.80. The van der Waals surface area contributed by atoms with Gasteiger partial charge >= 0.3 is 0 Å². The number of rotatable bonds is 5. The zero-order chi connectivity index (χ0) is 17.3. The summed E-state index contributed by atoms with van der Waals surface area (Å²) in [6.07, 6.45) is 2.65. The van der Waals surface area contributed by atoms with Crippen molar-refractivity contribution in [3.05, 3.63) is 36.4 Å². The molecule has 0 unspecified atom stereocenters. The molecule has 2 aliphatic rings. The smallest absolute Gasteiger partial charge is 0.231 e. The van der Waals surface area contributed by atoms with Gasteiger partial charge < -0.3 is 24.1 Å². The highest BCUT2D eigenvalue weighted by Gasteiger charge is 2.16. The lowest BCUT2D eigenvalue weighted by molar-refractivity contribution is 0.174. The highest BCUT2D eigenvalue weighted by atomic mass is 16.7. The van der Waals surface area contributed by atoms with Gasteiger partial charge in [-0.2, -0.15) is 0 Å². The number of anilines is 1. The lowest BCUT2D eigenvalue weighted by Gasteiger charge is -2.15. The number of ether oxygens (including phenoxy) is 2. The monoisotopic (exact) mass is 351 g/mol. The van der Waals surface area contributed by atoms with Crippen molar-refractivity contribution in [3.8, 4) is 23.0 Å². The summed E-state index contributed by atoms with van der Waals surface area (Å²) in [4.78, 5) is 7.09. The minimum atomic E-state index is 0.263. The van der Waals surface area contributed by atoms with E-state index in [1.54, 1.807) is 0 Å². The Balaban J connectivity index is 1.33. The summed E-state index contributed by atoms with van der Waals surface area (Å²) in [7, 11) is 0. The summed E-state index contributed by atoms with van der Waals surface area (Å²) in [5.74, 6) is 2.08. The Labute approximate surface area is 151 Å². The maximum atomic E-state index is 5.98. The van der Waals surface area contributed by atoms with Gasteiger partial charge in [0.25, 0.3) is 0 Å². The highest BCUT2D eigenvalue weighted by Crippen LogP contribution is 2.36. The van der Waals surface area contributed by atoms with Gasteiger partial charge in [0.2, 0.25) is 12.7 Å². The van der Waals surface area contributed by atoms with Crippen LogP contribution < -0.4 is 14.8 Å². The van der Waals surface area contributed by atoms with Crippen LogP contribution in [0.25, 0.3) is 22.6 Å². The summed E-state index contributed by atoms with van der Waals surface area (Å²) >= 11 is 0. The molecule has 0 spiro atoms. The summed E-state index contributed by atoms with van der Waals surface area (Å²) in [6, 6.07) is 11.8. The van der Waals surface area contributed by atoms with E-state index in [2.05, 4.69) is 21.3 Å². The van der Waals surface area contributed by atoms with E-state index >= 15 is 0 Å². The van der Waals surface area contributed by atoms with Crippen LogP contribution in [0.15, 0.2) is 40.8 Å². The number of benzene rings is 2. The third-order valence-corrected chi connectivity index (χ3v) is 4.96. The zero-order valence-corrected chi connectivity index (χ0v) is 14.5. The van der Waals surface area contributed by atoms with Crippen LogP contribution in [0.3, 0.4) is 0 Å². The van der Waals surface area contributed by atoms with Crippen molar-refractivity contribution in [2.45, 2.75) is 12.8 Å². The summed E-state index contributed by atoms with van der Waals surface area (Å²) in [6.45, 7) is 4.73. The van der Waals surface area contributed by atoms with Crippen molar-refractivity contribution < 1.29 is 13.9 Å². The number of nitrogens with zero attached hydrogens (tertiary/aromatic N) is 2. The Hall–Kier alpha value is -2.73. The quantitative estimate of drug-likeness (QED) is 0.756. The molecular weight excluding hydrogens is 330 g/mol. The van der Waals surface area contributed by atoms with Crippen LogP contribution in [-0.2, 0) is 0 Å². The largest absolute Gasteiger partial charge is 0.454 e. The second-order valence-electron chi connectivity index (χ2n) is 6.75. The van der Waals surface area contributed by atoms with E-state index in [4.69, 9.17) is 13.9 Å². The van der Waals surface area contributed by atoms with Crippen molar-refractivity contribution in [3.63, 3.8) is 0 Å². The van der Waals surface area contributed by atoms with Crippen LogP contribution in [0.4, 0.5) is 5.69 Å². The van der Waals surface area contributed by atoms with Crippen molar-refractivity contribution in [1.29, 1.82) is 0 Å². The molecule has 1 fully saturated rings. The molecule has 3 aromatic rings. The van der Waals surface area contributed by atoms with Gasteiger partial charge in [0, 0.05) is 30.4 Å². The zero-order valence-electron chi connectivity index (χ0n) is 14.5. The molecule has 1 aromatic heterocycles. The van der Waals surface area contributed by atoms with Crippen molar-refractivity contribution in [1.82, 2.24) is 9.88 Å². The first-order valence-corrected chi connectivity index (χ1v) is 9.12. The number of hydrogen-bond acceptors (Lipinski definition) is 6. The first-order chi connectivity index (χ1) is 12.8. The lowest BCUT2D eigenvalue weighted by Crippen LogP contribution is -2.25. The molecule has 134 valence electrons. The van der Waals surface area contributed by atoms with Gasteiger partial charge in [0.15, 0.2) is 17.1 Å². The van der Waals surface area contributed by atoms with Crippen LogP contribution in [0.2, 0.25) is 0 Å². The molecule has 0 saturated carbocycles. The van der Waals surface area contributed by atoms with Crippen LogP contribution >= 0.6 is 0 Å². The lowest BCUT2D eigenvalue weighted by atomic mass is 10.2. The SMILES string of the molecule is c1cc2nc(-c3ccc4c(c3)OCO4)oc2cc1NCCN1CCCC1. The second-order valence-corrected chi connectivity index (χ2v) is 6.75. The number of fused-ring (bicyclic) bond motifs is 2. The fourth-order valence-electron chi connectivity index (χ4n) is 3.55. The molecule has 0 atom stereocenters.